The lowest BCUT2D eigenvalue weighted by Crippen LogP contribution is -2.63. The molecule has 3 saturated heterocycles. The highest BCUT2D eigenvalue weighted by atomic mass is 32.2. The number of fused-ring (bicyclic) bond motifs is 3. The Balaban J connectivity index is 1.49. The van der Waals surface area contributed by atoms with Crippen molar-refractivity contribution in [3.05, 3.63) is 47.3 Å². The number of aryl methyl sites for hydroxylation is 2. The van der Waals surface area contributed by atoms with Crippen LogP contribution in [0.2, 0.25) is 0 Å². The highest BCUT2D eigenvalue weighted by Crippen LogP contribution is 2.52. The van der Waals surface area contributed by atoms with E-state index in [1.54, 1.807) is 7.11 Å². The van der Waals surface area contributed by atoms with Crippen molar-refractivity contribution in [3.8, 4) is 0 Å². The molecule has 1 saturated carbocycles. The van der Waals surface area contributed by atoms with Crippen molar-refractivity contribution in [2.45, 2.75) is 86.5 Å². The molecule has 8 unspecified atom stereocenters. The van der Waals surface area contributed by atoms with Gasteiger partial charge in [-0.05, 0) is 37.7 Å². The number of hydrogen-bond donors (Lipinski definition) is 2. The van der Waals surface area contributed by atoms with Gasteiger partial charge >= 0.3 is 0 Å². The van der Waals surface area contributed by atoms with Crippen LogP contribution in [0.25, 0.3) is 0 Å². The third kappa shape index (κ3) is 5.24. The van der Waals surface area contributed by atoms with E-state index in [1.165, 1.54) is 6.26 Å². The summed E-state index contributed by atoms with van der Waals surface area (Å²) in [5.74, 6) is -2.69. The van der Waals surface area contributed by atoms with Crippen LogP contribution in [-0.4, -0.2) is 90.3 Å². The monoisotopic (exact) mass is 592 g/mol. The number of rotatable bonds is 6. The summed E-state index contributed by atoms with van der Waals surface area (Å²) in [7, 11) is 0.124. The number of nitrogens with zero attached hydrogens (tertiary/aromatic N) is 4. The van der Waals surface area contributed by atoms with Crippen LogP contribution in [0.1, 0.15) is 61.0 Å². The van der Waals surface area contributed by atoms with Crippen LogP contribution in [0.3, 0.4) is 0 Å². The first-order valence-electron chi connectivity index (χ1n) is 14.7. The molecule has 3 aliphatic heterocycles. The maximum atomic E-state index is 14.4. The molecule has 12 heteroatoms. The van der Waals surface area contributed by atoms with Gasteiger partial charge in [-0.25, -0.2) is 17.2 Å². The van der Waals surface area contributed by atoms with Gasteiger partial charge in [0, 0.05) is 82.3 Å². The Labute approximate surface area is 241 Å². The molecule has 0 bridgehead atoms. The number of sulfone groups is 1. The van der Waals surface area contributed by atoms with E-state index in [2.05, 4.69) is 38.0 Å². The predicted octanol–water partition coefficient (Wildman–Crippen LogP) is 2.79. The molecule has 226 valence electrons. The zero-order chi connectivity index (χ0) is 29.1. The summed E-state index contributed by atoms with van der Waals surface area (Å²) in [6, 6.07) is 9.50. The van der Waals surface area contributed by atoms with Crippen LogP contribution in [0, 0.1) is 18.8 Å². The fraction of sp³-hybridized carbons (Fsp3) is 0.724. The van der Waals surface area contributed by atoms with E-state index in [9.17, 15) is 17.2 Å². The largest absolute Gasteiger partial charge is 0.366 e. The molecule has 8 atom stereocenters. The molecule has 1 aliphatic carbocycles. The minimum atomic E-state index is -3.45. The number of hydrogen-bond acceptors (Lipinski definition) is 8. The minimum Gasteiger partial charge on any atom is -0.366 e. The average molecular weight is 593 g/mol. The number of aromatic nitrogens is 3. The van der Waals surface area contributed by atoms with Gasteiger partial charge in [-0.15, -0.1) is 5.10 Å². The number of halogens is 2. The highest BCUT2D eigenvalue weighted by Gasteiger charge is 2.62. The summed E-state index contributed by atoms with van der Waals surface area (Å²) in [4.78, 5) is 2.44. The quantitative estimate of drug-likeness (QED) is 0.528. The van der Waals surface area contributed by atoms with Gasteiger partial charge < -0.3 is 10.1 Å². The van der Waals surface area contributed by atoms with E-state index in [-0.39, 0.29) is 67.5 Å². The molecule has 1 aromatic heterocycles. The number of benzene rings is 1. The maximum Gasteiger partial charge on any atom is 0.248 e. The molecule has 1 aromatic carbocycles. The molecule has 41 heavy (non-hydrogen) atoms. The Bertz CT molecular complexity index is 1310. The van der Waals surface area contributed by atoms with Gasteiger partial charge in [0.2, 0.25) is 5.92 Å². The number of ether oxygens (including phenoxy) is 1. The third-order valence-corrected chi connectivity index (χ3v) is 11.8. The average Bonchev–Trinajstić information content (AvgIpc) is 3.45. The topological polar surface area (TPSA) is 101 Å². The number of nitrogens with one attached hydrogen (secondary N) is 2. The van der Waals surface area contributed by atoms with E-state index in [0.717, 1.165) is 23.4 Å². The van der Waals surface area contributed by atoms with E-state index in [0.29, 0.717) is 19.4 Å². The molecule has 4 fully saturated rings. The predicted molar refractivity (Wildman–Crippen MR) is 151 cm³/mol. The number of piperidine rings is 2. The first-order valence-corrected chi connectivity index (χ1v) is 16.7. The van der Waals surface area contributed by atoms with E-state index in [4.69, 9.17) is 4.74 Å². The van der Waals surface area contributed by atoms with Crippen molar-refractivity contribution in [2.24, 2.45) is 18.9 Å². The molecule has 2 N–H and O–H groups in total. The van der Waals surface area contributed by atoms with Gasteiger partial charge in [-0.1, -0.05) is 35.5 Å². The van der Waals surface area contributed by atoms with Crippen molar-refractivity contribution in [3.63, 3.8) is 0 Å². The molecular formula is C29H42F2N6O3S. The summed E-state index contributed by atoms with van der Waals surface area (Å²) >= 11 is 0. The minimum absolute atomic E-state index is 0.0204. The van der Waals surface area contributed by atoms with E-state index < -0.39 is 21.0 Å². The molecule has 0 spiro atoms. The second-order valence-electron chi connectivity index (χ2n) is 12.6. The zero-order valence-corrected chi connectivity index (χ0v) is 25.0. The standard InChI is InChI=1S/C29H42F2N6O3S/c1-17-25(36(2)35-34-17)20-14-21-24(32-15-20)23-27(22(41(4,38)39)16-33-28(23)40-3)37(21)26(18-8-6-5-7-9-18)19-10-12-29(30,31)13-11-19/h5-9,19-24,26-28,32-33H,10-16H2,1-4H3. The molecule has 9 nitrogen and oxygen atoms in total. The summed E-state index contributed by atoms with van der Waals surface area (Å²) in [5, 5.41) is 15.1. The fourth-order valence-corrected chi connectivity index (χ4v) is 9.78. The molecule has 0 amide bonds. The Morgan fingerprint density at radius 3 is 2.44 bits per heavy atom. The van der Waals surface area contributed by atoms with Crippen molar-refractivity contribution in [1.29, 1.82) is 0 Å². The van der Waals surface area contributed by atoms with E-state index in [1.807, 2.05) is 36.9 Å². The smallest absolute Gasteiger partial charge is 0.248 e. The Morgan fingerprint density at radius 1 is 1.12 bits per heavy atom. The SMILES string of the molecule is COC1NCC(S(C)(=O)=O)C2C1C1NCC(c3c(C)nnn3C)CC1N2C(c1ccccc1)C1CCC(F)(F)CC1. The number of methoxy groups -OCH3 is 1. The van der Waals surface area contributed by atoms with E-state index >= 15 is 0 Å². The first-order chi connectivity index (χ1) is 19.5. The maximum absolute atomic E-state index is 14.4. The zero-order valence-electron chi connectivity index (χ0n) is 24.2. The van der Waals surface area contributed by atoms with Gasteiger partial charge in [0.1, 0.15) is 6.23 Å². The van der Waals surface area contributed by atoms with Crippen LogP contribution in [-0.2, 0) is 21.6 Å². The van der Waals surface area contributed by atoms with Gasteiger partial charge in [0.05, 0.1) is 16.6 Å². The molecule has 0 radical (unpaired) electrons. The molecule has 2 aromatic rings. The Kier molecular flexibility index (Phi) is 7.76. The lowest BCUT2D eigenvalue weighted by molar-refractivity contribution is -0.0663. The second-order valence-corrected chi connectivity index (χ2v) is 14.9. The van der Waals surface area contributed by atoms with Gasteiger partial charge in [-0.2, -0.15) is 0 Å². The van der Waals surface area contributed by atoms with Crippen molar-refractivity contribution >= 4 is 9.84 Å². The fourth-order valence-electron chi connectivity index (χ4n) is 8.55. The third-order valence-electron chi connectivity index (χ3n) is 10.2. The Morgan fingerprint density at radius 2 is 1.83 bits per heavy atom. The molecular weight excluding hydrogens is 550 g/mol. The van der Waals surface area contributed by atoms with Gasteiger partial charge in [0.15, 0.2) is 9.84 Å². The van der Waals surface area contributed by atoms with Gasteiger partial charge in [-0.3, -0.25) is 14.9 Å². The van der Waals surface area contributed by atoms with Crippen molar-refractivity contribution < 1.29 is 21.9 Å². The summed E-state index contributed by atoms with van der Waals surface area (Å²) in [5.41, 5.74) is 3.02. The van der Waals surface area contributed by atoms with Crippen molar-refractivity contribution in [2.75, 3.05) is 26.5 Å². The van der Waals surface area contributed by atoms with Crippen LogP contribution < -0.4 is 10.6 Å². The summed E-state index contributed by atoms with van der Waals surface area (Å²) in [6.07, 6.45) is 2.29. The van der Waals surface area contributed by atoms with Crippen LogP contribution in [0.4, 0.5) is 8.78 Å². The molecule has 6 rings (SSSR count). The highest BCUT2D eigenvalue weighted by molar-refractivity contribution is 7.91. The van der Waals surface area contributed by atoms with Crippen LogP contribution in [0.5, 0.6) is 0 Å². The van der Waals surface area contributed by atoms with Crippen LogP contribution in [0.15, 0.2) is 30.3 Å². The summed E-state index contributed by atoms with van der Waals surface area (Å²) in [6.45, 7) is 2.97. The summed E-state index contributed by atoms with van der Waals surface area (Å²) < 4.78 is 63.4. The normalized spacial score (nSPS) is 35.1. The van der Waals surface area contributed by atoms with Crippen molar-refractivity contribution in [1.82, 2.24) is 30.5 Å². The van der Waals surface area contributed by atoms with Gasteiger partial charge in [0.25, 0.3) is 0 Å². The Hall–Kier alpha value is -1.99. The van der Waals surface area contributed by atoms with Crippen LogP contribution >= 0.6 is 0 Å². The number of alkyl halides is 2. The molecule has 4 aliphatic rings. The second kappa shape index (κ2) is 10.9. The molecule has 4 heterocycles. The first kappa shape index (κ1) is 29.1. The number of likely N-dealkylation sites (tertiary alicyclic amines) is 1. The lowest BCUT2D eigenvalue weighted by Gasteiger charge is -2.48. The lowest BCUT2D eigenvalue weighted by atomic mass is 9.77.